The third-order valence-electron chi connectivity index (χ3n) is 6.61. The summed E-state index contributed by atoms with van der Waals surface area (Å²) in [6.45, 7) is 5.13. The molecule has 0 aliphatic carbocycles. The van der Waals surface area contributed by atoms with Gasteiger partial charge in [0.25, 0.3) is 0 Å². The molecule has 4 heterocycles. The Kier molecular flexibility index (Phi) is 5.27. The van der Waals surface area contributed by atoms with Crippen LogP contribution in [0.2, 0.25) is 0 Å². The summed E-state index contributed by atoms with van der Waals surface area (Å²) in [6, 6.07) is 16.8. The number of rotatable bonds is 4. The maximum Gasteiger partial charge on any atom is 0.236 e. The van der Waals surface area contributed by atoms with Crippen LogP contribution in [0.4, 0.5) is 0 Å². The second-order valence-corrected chi connectivity index (χ2v) is 8.31. The van der Waals surface area contributed by atoms with Crippen LogP contribution in [-0.2, 0) is 14.9 Å². The monoisotopic (exact) mass is 404 g/mol. The highest BCUT2D eigenvalue weighted by atomic mass is 16.5. The quantitative estimate of drug-likeness (QED) is 0.671. The van der Waals surface area contributed by atoms with Crippen molar-refractivity contribution < 1.29 is 9.53 Å². The SMILES string of the molecule is O=C(CN1CCOCC1)N1CCC(c2ccccc2)(c2cn3ccccc3n2)CC1. The van der Waals surface area contributed by atoms with E-state index in [2.05, 4.69) is 45.8 Å². The number of pyridine rings is 1. The molecule has 5 rings (SSSR count). The van der Waals surface area contributed by atoms with Crippen molar-refractivity contribution in [2.24, 2.45) is 0 Å². The van der Waals surface area contributed by atoms with E-state index in [1.807, 2.05) is 29.3 Å². The van der Waals surface area contributed by atoms with Gasteiger partial charge < -0.3 is 14.0 Å². The number of amides is 1. The van der Waals surface area contributed by atoms with Crippen molar-refractivity contribution in [3.8, 4) is 0 Å². The van der Waals surface area contributed by atoms with E-state index in [-0.39, 0.29) is 11.3 Å². The lowest BCUT2D eigenvalue weighted by Crippen LogP contribution is -2.50. The predicted octanol–water partition coefficient (Wildman–Crippen LogP) is 2.58. The average Bonchev–Trinajstić information content (AvgIpc) is 3.25. The molecule has 2 aliphatic heterocycles. The van der Waals surface area contributed by atoms with Crippen LogP contribution in [0.1, 0.15) is 24.1 Å². The van der Waals surface area contributed by atoms with Gasteiger partial charge in [0.15, 0.2) is 0 Å². The number of carbonyl (C=O) groups is 1. The maximum absolute atomic E-state index is 12.9. The molecule has 0 saturated carbocycles. The Hall–Kier alpha value is -2.70. The molecule has 0 unspecified atom stereocenters. The molecule has 6 nitrogen and oxygen atoms in total. The van der Waals surface area contributed by atoms with Crippen molar-refractivity contribution in [2.75, 3.05) is 45.9 Å². The van der Waals surface area contributed by atoms with Crippen LogP contribution in [0, 0.1) is 0 Å². The summed E-state index contributed by atoms with van der Waals surface area (Å²) in [4.78, 5) is 22.1. The number of hydrogen-bond acceptors (Lipinski definition) is 4. The lowest BCUT2D eigenvalue weighted by molar-refractivity contribution is -0.134. The van der Waals surface area contributed by atoms with Crippen LogP contribution in [0.15, 0.2) is 60.9 Å². The Morgan fingerprint density at radius 3 is 2.43 bits per heavy atom. The first-order chi connectivity index (χ1) is 14.7. The molecular weight excluding hydrogens is 376 g/mol. The molecule has 1 amide bonds. The van der Waals surface area contributed by atoms with Gasteiger partial charge >= 0.3 is 0 Å². The molecule has 3 aromatic rings. The summed E-state index contributed by atoms with van der Waals surface area (Å²) in [5, 5.41) is 0. The first-order valence-electron chi connectivity index (χ1n) is 10.8. The van der Waals surface area contributed by atoms with E-state index in [4.69, 9.17) is 9.72 Å². The van der Waals surface area contributed by atoms with Crippen LogP contribution in [-0.4, -0.2) is 71.0 Å². The van der Waals surface area contributed by atoms with Crippen LogP contribution in [0.5, 0.6) is 0 Å². The number of likely N-dealkylation sites (tertiary alicyclic amines) is 1. The van der Waals surface area contributed by atoms with Crippen molar-refractivity contribution >= 4 is 11.6 Å². The molecule has 0 spiro atoms. The number of benzene rings is 1. The fourth-order valence-electron chi connectivity index (χ4n) is 4.80. The number of aromatic nitrogens is 2. The number of nitrogens with zero attached hydrogens (tertiary/aromatic N) is 4. The van der Waals surface area contributed by atoms with Crippen LogP contribution < -0.4 is 0 Å². The minimum Gasteiger partial charge on any atom is -0.379 e. The van der Waals surface area contributed by atoms with Crippen LogP contribution in [0.3, 0.4) is 0 Å². The molecule has 0 N–H and O–H groups in total. The highest BCUT2D eigenvalue weighted by molar-refractivity contribution is 5.78. The Labute approximate surface area is 177 Å². The molecular formula is C24H28N4O2. The molecule has 2 fully saturated rings. The zero-order chi connectivity index (χ0) is 20.4. The number of morpholine rings is 1. The first kappa shape index (κ1) is 19.3. The van der Waals surface area contributed by atoms with Gasteiger partial charge in [-0.2, -0.15) is 0 Å². The van der Waals surface area contributed by atoms with Crippen molar-refractivity contribution in [1.29, 1.82) is 0 Å². The topological polar surface area (TPSA) is 50.1 Å². The molecule has 2 aromatic heterocycles. The highest BCUT2D eigenvalue weighted by Gasteiger charge is 2.41. The van der Waals surface area contributed by atoms with Gasteiger partial charge in [-0.15, -0.1) is 0 Å². The number of imidazole rings is 1. The molecule has 0 radical (unpaired) electrons. The van der Waals surface area contributed by atoms with Gasteiger partial charge in [-0.25, -0.2) is 4.98 Å². The fraction of sp³-hybridized carbons (Fsp3) is 0.417. The number of carbonyl (C=O) groups excluding carboxylic acids is 1. The lowest BCUT2D eigenvalue weighted by Gasteiger charge is -2.42. The molecule has 1 aromatic carbocycles. The molecule has 2 aliphatic rings. The summed E-state index contributed by atoms with van der Waals surface area (Å²) < 4.78 is 7.49. The number of ether oxygens (including phenoxy) is 1. The Balaban J connectivity index is 1.39. The van der Waals surface area contributed by atoms with E-state index in [1.165, 1.54) is 5.56 Å². The Morgan fingerprint density at radius 1 is 0.967 bits per heavy atom. The third-order valence-corrected chi connectivity index (χ3v) is 6.61. The zero-order valence-corrected chi connectivity index (χ0v) is 17.2. The second-order valence-electron chi connectivity index (χ2n) is 8.31. The largest absolute Gasteiger partial charge is 0.379 e. The predicted molar refractivity (Wildman–Crippen MR) is 115 cm³/mol. The van der Waals surface area contributed by atoms with Gasteiger partial charge in [0.2, 0.25) is 5.91 Å². The standard InChI is InChI=1S/C24H28N4O2/c29-23(19-26-14-16-30-17-15-26)27-12-9-24(10-13-27,20-6-2-1-3-7-20)21-18-28-11-5-4-8-22(28)25-21/h1-8,11,18H,9-10,12-17,19H2. The molecule has 156 valence electrons. The minimum atomic E-state index is -0.164. The second kappa shape index (κ2) is 8.20. The molecule has 30 heavy (non-hydrogen) atoms. The van der Waals surface area contributed by atoms with Gasteiger partial charge in [0.1, 0.15) is 5.65 Å². The maximum atomic E-state index is 12.9. The van der Waals surface area contributed by atoms with Crippen LogP contribution in [0.25, 0.3) is 5.65 Å². The summed E-state index contributed by atoms with van der Waals surface area (Å²) in [5.41, 5.74) is 3.19. The van der Waals surface area contributed by atoms with Crippen molar-refractivity contribution in [3.63, 3.8) is 0 Å². The molecule has 6 heteroatoms. The highest BCUT2D eigenvalue weighted by Crippen LogP contribution is 2.41. The van der Waals surface area contributed by atoms with Crippen molar-refractivity contribution in [2.45, 2.75) is 18.3 Å². The Bertz CT molecular complexity index is 969. The minimum absolute atomic E-state index is 0.164. The summed E-state index contributed by atoms with van der Waals surface area (Å²) >= 11 is 0. The molecule has 0 bridgehead atoms. The Morgan fingerprint density at radius 2 is 1.70 bits per heavy atom. The van der Waals surface area contributed by atoms with E-state index in [0.29, 0.717) is 6.54 Å². The van der Waals surface area contributed by atoms with E-state index >= 15 is 0 Å². The molecule has 0 atom stereocenters. The number of fused-ring (bicyclic) bond motifs is 1. The van der Waals surface area contributed by atoms with E-state index in [9.17, 15) is 4.79 Å². The van der Waals surface area contributed by atoms with Gasteiger partial charge in [0.05, 0.1) is 25.5 Å². The van der Waals surface area contributed by atoms with Crippen LogP contribution >= 0.6 is 0 Å². The summed E-state index contributed by atoms with van der Waals surface area (Å²) in [7, 11) is 0. The third kappa shape index (κ3) is 3.61. The average molecular weight is 405 g/mol. The van der Waals surface area contributed by atoms with E-state index in [0.717, 1.165) is 63.6 Å². The summed E-state index contributed by atoms with van der Waals surface area (Å²) in [6.07, 6.45) is 5.98. The van der Waals surface area contributed by atoms with E-state index < -0.39 is 0 Å². The normalized spacial score (nSPS) is 19.8. The van der Waals surface area contributed by atoms with Gasteiger partial charge in [-0.05, 0) is 30.5 Å². The zero-order valence-electron chi connectivity index (χ0n) is 17.2. The first-order valence-corrected chi connectivity index (χ1v) is 10.8. The number of hydrogen-bond donors (Lipinski definition) is 0. The summed E-state index contributed by atoms with van der Waals surface area (Å²) in [5.74, 6) is 0.230. The van der Waals surface area contributed by atoms with E-state index in [1.54, 1.807) is 0 Å². The fourth-order valence-corrected chi connectivity index (χ4v) is 4.80. The smallest absolute Gasteiger partial charge is 0.236 e. The van der Waals surface area contributed by atoms with Crippen molar-refractivity contribution in [1.82, 2.24) is 19.2 Å². The van der Waals surface area contributed by atoms with Gasteiger partial charge in [-0.1, -0.05) is 36.4 Å². The van der Waals surface area contributed by atoms with Crippen molar-refractivity contribution in [3.05, 3.63) is 72.2 Å². The number of piperidine rings is 1. The van der Waals surface area contributed by atoms with Gasteiger partial charge in [-0.3, -0.25) is 9.69 Å². The van der Waals surface area contributed by atoms with Gasteiger partial charge in [0, 0.05) is 44.0 Å². The molecule has 2 saturated heterocycles. The lowest BCUT2D eigenvalue weighted by atomic mass is 9.70.